The minimum atomic E-state index is -3.60. The summed E-state index contributed by atoms with van der Waals surface area (Å²) in [5, 5.41) is 0. The van der Waals surface area contributed by atoms with E-state index in [1.165, 1.54) is 16.1 Å². The number of hydrogen-bond acceptors (Lipinski definition) is 5. The Morgan fingerprint density at radius 1 is 0.912 bits per heavy atom. The van der Waals surface area contributed by atoms with Crippen molar-refractivity contribution in [2.24, 2.45) is 5.92 Å². The Hall–Kier alpha value is -3.10. The van der Waals surface area contributed by atoms with Crippen LogP contribution in [0.5, 0.6) is 0 Å². The van der Waals surface area contributed by atoms with Crippen molar-refractivity contribution in [2.75, 3.05) is 13.1 Å². The Bertz CT molecular complexity index is 1180. The number of piperidine rings is 1. The molecule has 0 radical (unpaired) electrons. The van der Waals surface area contributed by atoms with Crippen LogP contribution in [0, 0.1) is 5.92 Å². The molecule has 1 fully saturated rings. The summed E-state index contributed by atoms with van der Waals surface area (Å²) in [5.74, 6) is -0.159. The average Bonchev–Trinajstić information content (AvgIpc) is 2.89. The minimum Gasteiger partial charge on any atom is -0.334 e. The lowest BCUT2D eigenvalue weighted by Gasteiger charge is -2.34. The van der Waals surface area contributed by atoms with E-state index in [2.05, 4.69) is 41.2 Å². The number of aryl methyl sites for hydroxylation is 1. The van der Waals surface area contributed by atoms with E-state index >= 15 is 0 Å². The summed E-state index contributed by atoms with van der Waals surface area (Å²) in [5.41, 5.74) is 3.31. The highest BCUT2D eigenvalue weighted by Crippen LogP contribution is 2.26. The van der Waals surface area contributed by atoms with E-state index < -0.39 is 10.0 Å². The van der Waals surface area contributed by atoms with Gasteiger partial charge in [0.2, 0.25) is 15.9 Å². The number of sulfonamides is 1. The molecule has 1 aromatic carbocycles. The topological polar surface area (TPSA) is 83.5 Å². The molecule has 4 rings (SSSR count). The van der Waals surface area contributed by atoms with E-state index in [0.29, 0.717) is 39.0 Å². The van der Waals surface area contributed by atoms with Crippen LogP contribution in [0.2, 0.25) is 0 Å². The van der Waals surface area contributed by atoms with Gasteiger partial charge in [-0.05, 0) is 54.2 Å². The summed E-state index contributed by atoms with van der Waals surface area (Å²) < 4.78 is 27.3. The lowest BCUT2D eigenvalue weighted by molar-refractivity contribution is -0.138. The molecule has 178 valence electrons. The van der Waals surface area contributed by atoms with Gasteiger partial charge in [0.05, 0.1) is 0 Å². The maximum atomic E-state index is 13.6. The van der Waals surface area contributed by atoms with Crippen molar-refractivity contribution in [1.82, 2.24) is 19.2 Å². The van der Waals surface area contributed by atoms with Crippen LogP contribution in [-0.4, -0.2) is 46.6 Å². The van der Waals surface area contributed by atoms with Crippen molar-refractivity contribution >= 4 is 15.9 Å². The molecule has 3 heterocycles. The molecule has 1 aliphatic rings. The number of nitrogens with zero attached hydrogens (tertiary/aromatic N) is 4. The van der Waals surface area contributed by atoms with E-state index in [9.17, 15) is 13.2 Å². The molecule has 3 aromatic rings. The van der Waals surface area contributed by atoms with Gasteiger partial charge in [0, 0.05) is 56.9 Å². The van der Waals surface area contributed by atoms with Gasteiger partial charge in [0.25, 0.3) is 0 Å². The van der Waals surface area contributed by atoms with Crippen molar-refractivity contribution < 1.29 is 13.2 Å². The van der Waals surface area contributed by atoms with Gasteiger partial charge < -0.3 is 4.90 Å². The fourth-order valence-corrected chi connectivity index (χ4v) is 5.71. The minimum absolute atomic E-state index is 0.0573. The number of rotatable bonds is 8. The monoisotopic (exact) mass is 478 g/mol. The Balaban J connectivity index is 1.46. The van der Waals surface area contributed by atoms with Crippen LogP contribution in [0.3, 0.4) is 0 Å². The second-order valence-electron chi connectivity index (χ2n) is 8.59. The molecule has 8 heteroatoms. The molecule has 0 unspecified atom stereocenters. The van der Waals surface area contributed by atoms with Gasteiger partial charge >= 0.3 is 0 Å². The first-order chi connectivity index (χ1) is 16.5. The molecular formula is C26H30N4O3S. The van der Waals surface area contributed by atoms with Crippen LogP contribution in [0.1, 0.15) is 36.5 Å². The molecule has 1 saturated heterocycles. The Morgan fingerprint density at radius 2 is 1.53 bits per heavy atom. The Labute approximate surface area is 201 Å². The third-order valence-corrected chi connectivity index (χ3v) is 8.17. The summed E-state index contributed by atoms with van der Waals surface area (Å²) in [4.78, 5) is 23.8. The first-order valence-corrected chi connectivity index (χ1v) is 13.1. The van der Waals surface area contributed by atoms with Crippen molar-refractivity contribution in [1.29, 1.82) is 0 Å². The summed E-state index contributed by atoms with van der Waals surface area (Å²) in [6.07, 6.45) is 8.38. The summed E-state index contributed by atoms with van der Waals surface area (Å²) in [7, 11) is -3.60. The largest absolute Gasteiger partial charge is 0.334 e. The van der Waals surface area contributed by atoms with Gasteiger partial charge in [-0.15, -0.1) is 0 Å². The molecule has 1 amide bonds. The van der Waals surface area contributed by atoms with Crippen LogP contribution in [-0.2, 0) is 34.3 Å². The zero-order valence-electron chi connectivity index (χ0n) is 19.4. The van der Waals surface area contributed by atoms with Crippen LogP contribution in [0.4, 0.5) is 0 Å². The van der Waals surface area contributed by atoms with Gasteiger partial charge in [0.15, 0.2) is 0 Å². The molecule has 7 nitrogen and oxygen atoms in total. The van der Waals surface area contributed by atoms with Crippen LogP contribution >= 0.6 is 0 Å². The normalized spacial score (nSPS) is 15.2. The standard InChI is InChI=1S/C26H30N4O3S/c1-2-21-7-9-22(10-8-21)19-29(20-23-5-3-13-27-17-23)26(31)24-11-15-30(16-12-24)34(32,33)25-6-4-14-28-18-25/h3-10,13-14,17-18,24H,2,11-12,15-16,19-20H2,1H3. The fourth-order valence-electron chi connectivity index (χ4n) is 4.27. The summed E-state index contributed by atoms with van der Waals surface area (Å²) >= 11 is 0. The van der Waals surface area contributed by atoms with Gasteiger partial charge in [-0.3, -0.25) is 14.8 Å². The second-order valence-corrected chi connectivity index (χ2v) is 10.5. The maximum absolute atomic E-state index is 13.6. The third kappa shape index (κ3) is 5.69. The van der Waals surface area contributed by atoms with Crippen LogP contribution in [0.25, 0.3) is 0 Å². The van der Waals surface area contributed by atoms with E-state index in [1.54, 1.807) is 30.7 Å². The zero-order valence-corrected chi connectivity index (χ0v) is 20.2. The molecule has 0 atom stereocenters. The predicted molar refractivity (Wildman–Crippen MR) is 130 cm³/mol. The van der Waals surface area contributed by atoms with E-state index in [1.807, 2.05) is 17.0 Å². The number of hydrogen-bond donors (Lipinski definition) is 0. The number of benzene rings is 1. The second kappa shape index (κ2) is 10.9. The zero-order chi connectivity index (χ0) is 24.0. The lowest BCUT2D eigenvalue weighted by atomic mass is 9.96. The lowest BCUT2D eigenvalue weighted by Crippen LogP contribution is -2.44. The van der Waals surface area contributed by atoms with Gasteiger partial charge in [0.1, 0.15) is 4.90 Å². The van der Waals surface area contributed by atoms with Gasteiger partial charge in [-0.25, -0.2) is 8.42 Å². The average molecular weight is 479 g/mol. The Kier molecular flexibility index (Phi) is 7.70. The van der Waals surface area contributed by atoms with Crippen molar-refractivity contribution in [3.05, 3.63) is 90.0 Å². The van der Waals surface area contributed by atoms with E-state index in [0.717, 1.165) is 17.5 Å². The fraction of sp³-hybridized carbons (Fsp3) is 0.346. The first kappa shape index (κ1) is 24.0. The van der Waals surface area contributed by atoms with E-state index in [4.69, 9.17) is 0 Å². The smallest absolute Gasteiger partial charge is 0.244 e. The van der Waals surface area contributed by atoms with Crippen LogP contribution in [0.15, 0.2) is 78.2 Å². The SMILES string of the molecule is CCc1ccc(CN(Cc2cccnc2)C(=O)C2CCN(S(=O)(=O)c3cccnc3)CC2)cc1. The number of amides is 1. The maximum Gasteiger partial charge on any atom is 0.244 e. The molecule has 0 bridgehead atoms. The highest BCUT2D eigenvalue weighted by atomic mass is 32.2. The Morgan fingerprint density at radius 3 is 2.12 bits per heavy atom. The molecule has 1 aliphatic heterocycles. The van der Waals surface area contributed by atoms with Crippen molar-refractivity contribution in [3.8, 4) is 0 Å². The van der Waals surface area contributed by atoms with Crippen molar-refractivity contribution in [2.45, 2.75) is 44.2 Å². The van der Waals surface area contributed by atoms with Crippen molar-refractivity contribution in [3.63, 3.8) is 0 Å². The number of pyridine rings is 2. The molecule has 34 heavy (non-hydrogen) atoms. The van der Waals surface area contributed by atoms with Gasteiger partial charge in [-0.1, -0.05) is 37.3 Å². The number of carbonyl (C=O) groups excluding carboxylic acids is 1. The van der Waals surface area contributed by atoms with Crippen LogP contribution < -0.4 is 0 Å². The highest BCUT2D eigenvalue weighted by molar-refractivity contribution is 7.89. The number of aromatic nitrogens is 2. The first-order valence-electron chi connectivity index (χ1n) is 11.6. The summed E-state index contributed by atoms with van der Waals surface area (Å²) in [6, 6.07) is 15.4. The quantitative estimate of drug-likeness (QED) is 0.493. The molecule has 0 N–H and O–H groups in total. The summed E-state index contributed by atoms with van der Waals surface area (Å²) in [6.45, 7) is 3.73. The van der Waals surface area contributed by atoms with E-state index in [-0.39, 0.29) is 16.7 Å². The molecule has 2 aromatic heterocycles. The highest BCUT2D eigenvalue weighted by Gasteiger charge is 2.34. The third-order valence-electron chi connectivity index (χ3n) is 6.29. The number of carbonyl (C=O) groups is 1. The molecule has 0 spiro atoms. The predicted octanol–water partition coefficient (Wildman–Crippen LogP) is 3.67. The molecule has 0 saturated carbocycles. The molecule has 0 aliphatic carbocycles. The van der Waals surface area contributed by atoms with Gasteiger partial charge in [-0.2, -0.15) is 4.31 Å². The molecular weight excluding hydrogens is 448 g/mol.